The molecule has 0 atom stereocenters. The Bertz CT molecular complexity index is 1510. The number of carbonyl (C=O) groups excluding carboxylic acids is 2. The van der Waals surface area contributed by atoms with Crippen LogP contribution in [-0.2, 0) is 4.74 Å². The molecule has 9 heteroatoms. The summed E-state index contributed by atoms with van der Waals surface area (Å²) in [6.07, 6.45) is 5.35. The predicted molar refractivity (Wildman–Crippen MR) is 138 cm³/mol. The second-order valence-electron chi connectivity index (χ2n) is 9.17. The summed E-state index contributed by atoms with van der Waals surface area (Å²) in [6, 6.07) is 10.7. The predicted octanol–water partition coefficient (Wildman–Crippen LogP) is 4.34. The number of rotatable bonds is 9. The number of benzene rings is 2. The van der Waals surface area contributed by atoms with Gasteiger partial charge in [-0.2, -0.15) is 0 Å². The van der Waals surface area contributed by atoms with Gasteiger partial charge in [-0.25, -0.2) is 9.37 Å². The Kier molecular flexibility index (Phi) is 6.62. The first-order chi connectivity index (χ1) is 17.9. The minimum Gasteiger partial charge on any atom is -0.507 e. The molecular formula is C28H27FN4O4. The van der Waals surface area contributed by atoms with Gasteiger partial charge < -0.3 is 20.5 Å². The first kappa shape index (κ1) is 24.5. The fraction of sp³-hybridized carbons (Fsp3) is 0.250. The summed E-state index contributed by atoms with van der Waals surface area (Å²) in [5, 5.41) is 16.5. The number of phenolic OH excluding ortho intramolecular Hbond substituents is 1. The van der Waals surface area contributed by atoms with Gasteiger partial charge in [0.25, 0.3) is 5.91 Å². The molecule has 3 N–H and O–H groups in total. The number of hydrogen-bond donors (Lipinski definition) is 3. The van der Waals surface area contributed by atoms with Gasteiger partial charge in [0.1, 0.15) is 11.6 Å². The summed E-state index contributed by atoms with van der Waals surface area (Å²) in [7, 11) is 1.59. The minimum absolute atomic E-state index is 0.0860. The largest absolute Gasteiger partial charge is 0.507 e. The number of phenols is 1. The number of amides is 1. The van der Waals surface area contributed by atoms with Crippen molar-refractivity contribution in [3.63, 3.8) is 0 Å². The number of aromatic hydroxyl groups is 1. The van der Waals surface area contributed by atoms with E-state index in [-0.39, 0.29) is 28.8 Å². The summed E-state index contributed by atoms with van der Waals surface area (Å²) < 4.78 is 20.8. The number of anilines is 1. The molecule has 1 amide bonds. The molecule has 0 unspecified atom stereocenters. The van der Waals surface area contributed by atoms with Gasteiger partial charge in [-0.15, -0.1) is 0 Å². The van der Waals surface area contributed by atoms with E-state index >= 15 is 0 Å². The monoisotopic (exact) mass is 502 g/mol. The number of methoxy groups -OCH3 is 1. The molecule has 1 aliphatic rings. The van der Waals surface area contributed by atoms with Crippen LogP contribution < -0.4 is 10.6 Å². The highest BCUT2D eigenvalue weighted by molar-refractivity contribution is 6.11. The van der Waals surface area contributed by atoms with Crippen LogP contribution in [-0.4, -0.2) is 52.5 Å². The summed E-state index contributed by atoms with van der Waals surface area (Å²) in [5.41, 5.74) is 4.23. The van der Waals surface area contributed by atoms with E-state index in [0.717, 1.165) is 42.2 Å². The lowest BCUT2D eigenvalue weighted by molar-refractivity contribution is 0.0949. The van der Waals surface area contributed by atoms with Gasteiger partial charge in [0.2, 0.25) is 0 Å². The van der Waals surface area contributed by atoms with Crippen molar-refractivity contribution >= 4 is 23.0 Å². The summed E-state index contributed by atoms with van der Waals surface area (Å²) in [4.78, 5) is 30.5. The molecular weight excluding hydrogens is 475 g/mol. The number of hydrogen-bond acceptors (Lipinski definition) is 6. The van der Waals surface area contributed by atoms with E-state index in [2.05, 4.69) is 15.6 Å². The van der Waals surface area contributed by atoms with Crippen LogP contribution >= 0.6 is 0 Å². The highest BCUT2D eigenvalue weighted by Crippen LogP contribution is 2.30. The number of ketones is 1. The molecule has 0 spiro atoms. The van der Waals surface area contributed by atoms with Gasteiger partial charge in [0, 0.05) is 42.6 Å². The zero-order chi connectivity index (χ0) is 26.1. The number of halogens is 1. The number of pyridine rings is 1. The van der Waals surface area contributed by atoms with E-state index in [1.54, 1.807) is 36.0 Å². The Morgan fingerprint density at radius 3 is 2.70 bits per heavy atom. The van der Waals surface area contributed by atoms with Crippen LogP contribution in [0.2, 0.25) is 0 Å². The van der Waals surface area contributed by atoms with Crippen molar-refractivity contribution in [1.29, 1.82) is 0 Å². The lowest BCUT2D eigenvalue weighted by atomic mass is 10.0. The maximum atomic E-state index is 13.9. The van der Waals surface area contributed by atoms with Gasteiger partial charge in [-0.05, 0) is 61.7 Å². The molecule has 2 aromatic heterocycles. The number of aryl methyl sites for hydroxylation is 1. The van der Waals surface area contributed by atoms with E-state index < -0.39 is 11.6 Å². The molecule has 190 valence electrons. The molecule has 4 aromatic rings. The van der Waals surface area contributed by atoms with Crippen molar-refractivity contribution < 1.29 is 23.8 Å². The molecule has 0 bridgehead atoms. The lowest BCUT2D eigenvalue weighted by Crippen LogP contribution is -2.26. The van der Waals surface area contributed by atoms with Crippen molar-refractivity contribution in [1.82, 2.24) is 14.7 Å². The summed E-state index contributed by atoms with van der Waals surface area (Å²) >= 11 is 0. The topological polar surface area (TPSA) is 105 Å². The van der Waals surface area contributed by atoms with Crippen molar-refractivity contribution in [2.45, 2.75) is 25.8 Å². The van der Waals surface area contributed by atoms with Crippen molar-refractivity contribution in [3.8, 4) is 17.0 Å². The van der Waals surface area contributed by atoms with Gasteiger partial charge in [-0.1, -0.05) is 6.07 Å². The first-order valence-corrected chi connectivity index (χ1v) is 12.0. The van der Waals surface area contributed by atoms with Gasteiger partial charge in [0.05, 0.1) is 29.7 Å². The normalized spacial score (nSPS) is 13.1. The number of carbonyl (C=O) groups is 2. The molecule has 0 saturated heterocycles. The molecule has 0 aliphatic heterocycles. The molecule has 0 radical (unpaired) electrons. The standard InChI is InChI=1S/C28H27FN4O4/c1-16-11-17(3-7-21(16)28(36)32-20-5-6-20)24-14-31-27-23(30-9-10-37-2)12-18(15-33(24)27)26(35)22-13-19(29)4-8-25(22)34/h3-4,7-8,11-15,20,30,34H,5-6,9-10H2,1-2H3,(H,32,36). The Morgan fingerprint density at radius 2 is 1.97 bits per heavy atom. The average Bonchev–Trinajstić information content (AvgIpc) is 3.59. The van der Waals surface area contributed by atoms with E-state index in [1.165, 1.54) is 0 Å². The molecule has 2 aromatic carbocycles. The highest BCUT2D eigenvalue weighted by Gasteiger charge is 2.25. The Labute approximate surface area is 213 Å². The molecule has 37 heavy (non-hydrogen) atoms. The quantitative estimate of drug-likeness (QED) is 0.232. The van der Waals surface area contributed by atoms with E-state index in [4.69, 9.17) is 4.74 Å². The Balaban J connectivity index is 1.58. The van der Waals surface area contributed by atoms with Crippen LogP contribution in [0.25, 0.3) is 16.9 Å². The van der Waals surface area contributed by atoms with Crippen LogP contribution in [0.3, 0.4) is 0 Å². The first-order valence-electron chi connectivity index (χ1n) is 12.0. The number of imidazole rings is 1. The summed E-state index contributed by atoms with van der Waals surface area (Å²) in [6.45, 7) is 2.79. The Morgan fingerprint density at radius 1 is 1.16 bits per heavy atom. The SMILES string of the molecule is COCCNc1cc(C(=O)c2cc(F)ccc2O)cn2c(-c3ccc(C(=O)NC4CC4)c(C)c3)cnc12. The maximum absolute atomic E-state index is 13.9. The average molecular weight is 503 g/mol. The Hall–Kier alpha value is -4.24. The van der Waals surface area contributed by atoms with Crippen molar-refractivity contribution in [2.75, 3.05) is 25.6 Å². The number of fused-ring (bicyclic) bond motifs is 1. The number of nitrogens with one attached hydrogen (secondary N) is 2. The van der Waals surface area contributed by atoms with Crippen LogP contribution in [0.1, 0.15) is 44.7 Å². The molecule has 2 heterocycles. The fourth-order valence-electron chi connectivity index (χ4n) is 4.26. The third kappa shape index (κ3) is 5.03. The van der Waals surface area contributed by atoms with Gasteiger partial charge in [0.15, 0.2) is 11.4 Å². The van der Waals surface area contributed by atoms with Gasteiger partial charge >= 0.3 is 0 Å². The number of ether oxygens (including phenoxy) is 1. The zero-order valence-electron chi connectivity index (χ0n) is 20.5. The van der Waals surface area contributed by atoms with Crippen molar-refractivity contribution in [2.24, 2.45) is 0 Å². The van der Waals surface area contributed by atoms with Crippen molar-refractivity contribution in [3.05, 3.63) is 82.9 Å². The summed E-state index contributed by atoms with van der Waals surface area (Å²) in [5.74, 6) is -1.54. The third-order valence-electron chi connectivity index (χ3n) is 6.37. The van der Waals surface area contributed by atoms with Crippen LogP contribution in [0.4, 0.5) is 10.1 Å². The number of aromatic nitrogens is 2. The highest BCUT2D eigenvalue weighted by atomic mass is 19.1. The molecule has 1 aliphatic carbocycles. The lowest BCUT2D eigenvalue weighted by Gasteiger charge is -2.13. The van der Waals surface area contributed by atoms with E-state index in [1.807, 2.05) is 19.1 Å². The molecule has 1 saturated carbocycles. The molecule has 8 nitrogen and oxygen atoms in total. The van der Waals surface area contributed by atoms with Gasteiger partial charge in [-0.3, -0.25) is 14.0 Å². The van der Waals surface area contributed by atoms with E-state index in [0.29, 0.717) is 35.7 Å². The molecule has 5 rings (SSSR count). The second kappa shape index (κ2) is 10.0. The van der Waals surface area contributed by atoms with Crippen LogP contribution in [0, 0.1) is 12.7 Å². The zero-order valence-corrected chi connectivity index (χ0v) is 20.5. The maximum Gasteiger partial charge on any atom is 0.251 e. The van der Waals surface area contributed by atoms with E-state index in [9.17, 15) is 19.1 Å². The minimum atomic E-state index is -0.620. The third-order valence-corrected chi connectivity index (χ3v) is 6.37. The molecule has 1 fully saturated rings. The second-order valence-corrected chi connectivity index (χ2v) is 9.17. The van der Waals surface area contributed by atoms with Crippen LogP contribution in [0.5, 0.6) is 5.75 Å². The number of nitrogens with zero attached hydrogens (tertiary/aromatic N) is 2. The van der Waals surface area contributed by atoms with Crippen LogP contribution in [0.15, 0.2) is 54.9 Å². The smallest absolute Gasteiger partial charge is 0.251 e. The fourth-order valence-corrected chi connectivity index (χ4v) is 4.26.